The largest absolute Gasteiger partial charge is 0.379 e. The van der Waals surface area contributed by atoms with E-state index in [4.69, 9.17) is 4.74 Å². The lowest BCUT2D eigenvalue weighted by molar-refractivity contribution is 0.0642. The number of rotatable bonds is 5. The van der Waals surface area contributed by atoms with Gasteiger partial charge in [-0.2, -0.15) is 4.31 Å². The standard InChI is InChI=1S/C19H27FN2O4S/c1-2-22(15-6-4-3-5-7-15)19(23)17-14-16(8-9-18(17)20)27(24,25)21-10-12-26-13-11-21/h8-9,14-15H,2-7,10-13H2,1H3. The van der Waals surface area contributed by atoms with Crippen LogP contribution in [0.4, 0.5) is 4.39 Å². The molecule has 3 rings (SSSR count). The molecule has 1 aliphatic carbocycles. The fraction of sp³-hybridized carbons (Fsp3) is 0.632. The van der Waals surface area contributed by atoms with Crippen molar-refractivity contribution in [3.05, 3.63) is 29.6 Å². The SMILES string of the molecule is CCN(C(=O)c1cc(S(=O)(=O)N2CCOCC2)ccc1F)C1CCCCC1. The Balaban J connectivity index is 1.89. The van der Waals surface area contributed by atoms with Crippen LogP contribution in [0.5, 0.6) is 0 Å². The summed E-state index contributed by atoms with van der Waals surface area (Å²) in [6, 6.07) is 3.59. The molecule has 0 unspecified atom stereocenters. The minimum Gasteiger partial charge on any atom is -0.379 e. The Morgan fingerprint density at radius 3 is 2.52 bits per heavy atom. The van der Waals surface area contributed by atoms with Gasteiger partial charge in [0, 0.05) is 25.7 Å². The molecule has 1 aliphatic heterocycles. The number of benzene rings is 1. The average molecular weight is 399 g/mol. The molecule has 1 saturated carbocycles. The second-order valence-electron chi connectivity index (χ2n) is 7.04. The van der Waals surface area contributed by atoms with Gasteiger partial charge in [0.2, 0.25) is 10.0 Å². The van der Waals surface area contributed by atoms with Crippen LogP contribution in [0.3, 0.4) is 0 Å². The van der Waals surface area contributed by atoms with Gasteiger partial charge >= 0.3 is 0 Å². The van der Waals surface area contributed by atoms with Crippen LogP contribution in [0.25, 0.3) is 0 Å². The number of carbonyl (C=O) groups is 1. The van der Waals surface area contributed by atoms with Gasteiger partial charge < -0.3 is 9.64 Å². The van der Waals surface area contributed by atoms with E-state index < -0.39 is 21.7 Å². The maximum Gasteiger partial charge on any atom is 0.257 e. The molecule has 1 aromatic rings. The number of morpholine rings is 1. The Labute approximate surface area is 160 Å². The molecule has 1 amide bonds. The summed E-state index contributed by atoms with van der Waals surface area (Å²) in [5.41, 5.74) is -0.170. The van der Waals surface area contributed by atoms with Crippen molar-refractivity contribution in [2.24, 2.45) is 0 Å². The Morgan fingerprint density at radius 1 is 1.22 bits per heavy atom. The molecule has 150 valence electrons. The second kappa shape index (κ2) is 8.67. The van der Waals surface area contributed by atoms with Crippen molar-refractivity contribution in [1.29, 1.82) is 0 Å². The van der Waals surface area contributed by atoms with E-state index in [-0.39, 0.29) is 29.6 Å². The van der Waals surface area contributed by atoms with Crippen molar-refractivity contribution in [3.8, 4) is 0 Å². The predicted octanol–water partition coefficient (Wildman–Crippen LogP) is 2.64. The minimum absolute atomic E-state index is 0.0474. The van der Waals surface area contributed by atoms with Crippen LogP contribution >= 0.6 is 0 Å². The number of amides is 1. The van der Waals surface area contributed by atoms with Gasteiger partial charge in [-0.25, -0.2) is 12.8 Å². The number of hydrogen-bond donors (Lipinski definition) is 0. The van der Waals surface area contributed by atoms with Gasteiger partial charge in [-0.15, -0.1) is 0 Å². The molecule has 0 spiro atoms. The summed E-state index contributed by atoms with van der Waals surface area (Å²) in [5, 5.41) is 0. The number of nitrogens with zero attached hydrogens (tertiary/aromatic N) is 2. The van der Waals surface area contributed by atoms with E-state index in [9.17, 15) is 17.6 Å². The molecule has 2 aliphatic rings. The predicted molar refractivity (Wildman–Crippen MR) is 99.6 cm³/mol. The first-order valence-corrected chi connectivity index (χ1v) is 11.1. The molecule has 1 heterocycles. The highest BCUT2D eigenvalue weighted by molar-refractivity contribution is 7.89. The third-order valence-electron chi connectivity index (χ3n) is 5.39. The summed E-state index contributed by atoms with van der Waals surface area (Å²) < 4.78 is 46.6. The molecule has 2 fully saturated rings. The van der Waals surface area contributed by atoms with Gasteiger partial charge in [0.25, 0.3) is 5.91 Å². The molecule has 0 radical (unpaired) electrons. The number of halogens is 1. The van der Waals surface area contributed by atoms with Gasteiger partial charge in [-0.05, 0) is 38.0 Å². The average Bonchev–Trinajstić information content (AvgIpc) is 2.70. The summed E-state index contributed by atoms with van der Waals surface area (Å²) in [6.07, 6.45) is 5.09. The van der Waals surface area contributed by atoms with Gasteiger partial charge in [0.1, 0.15) is 5.82 Å². The number of ether oxygens (including phenoxy) is 1. The molecule has 8 heteroatoms. The van der Waals surface area contributed by atoms with Crippen molar-refractivity contribution in [2.75, 3.05) is 32.8 Å². The summed E-state index contributed by atoms with van der Waals surface area (Å²) in [7, 11) is -3.78. The van der Waals surface area contributed by atoms with Crippen LogP contribution in [0, 0.1) is 5.82 Å². The van der Waals surface area contributed by atoms with E-state index in [0.29, 0.717) is 19.8 Å². The van der Waals surface area contributed by atoms with Crippen molar-refractivity contribution in [1.82, 2.24) is 9.21 Å². The zero-order chi connectivity index (χ0) is 19.4. The van der Waals surface area contributed by atoms with Crippen molar-refractivity contribution in [3.63, 3.8) is 0 Å². The maximum absolute atomic E-state index is 14.4. The monoisotopic (exact) mass is 398 g/mol. The molecule has 1 aromatic carbocycles. The summed E-state index contributed by atoms with van der Waals surface area (Å²) in [6.45, 7) is 3.52. The van der Waals surface area contributed by atoms with E-state index >= 15 is 0 Å². The van der Waals surface area contributed by atoms with E-state index in [0.717, 1.165) is 38.2 Å². The molecule has 0 N–H and O–H groups in total. The summed E-state index contributed by atoms with van der Waals surface area (Å²) in [4.78, 5) is 14.6. The first kappa shape index (κ1) is 20.2. The lowest BCUT2D eigenvalue weighted by atomic mass is 9.93. The highest BCUT2D eigenvalue weighted by Gasteiger charge is 2.30. The Hall–Kier alpha value is -1.51. The molecular weight excluding hydrogens is 371 g/mol. The Bertz CT molecular complexity index is 772. The Kier molecular flexibility index (Phi) is 6.49. The zero-order valence-electron chi connectivity index (χ0n) is 15.7. The lowest BCUT2D eigenvalue weighted by Crippen LogP contribution is -2.42. The smallest absolute Gasteiger partial charge is 0.257 e. The third kappa shape index (κ3) is 4.33. The third-order valence-corrected chi connectivity index (χ3v) is 7.29. The Morgan fingerprint density at radius 2 is 1.89 bits per heavy atom. The van der Waals surface area contributed by atoms with E-state index in [1.54, 1.807) is 4.90 Å². The number of sulfonamides is 1. The fourth-order valence-electron chi connectivity index (χ4n) is 3.88. The van der Waals surface area contributed by atoms with Gasteiger partial charge in [0.05, 0.1) is 23.7 Å². The van der Waals surface area contributed by atoms with Crippen molar-refractivity contribution >= 4 is 15.9 Å². The van der Waals surface area contributed by atoms with Gasteiger partial charge in [0.15, 0.2) is 0 Å². The van der Waals surface area contributed by atoms with Crippen LogP contribution in [-0.4, -0.2) is 62.4 Å². The van der Waals surface area contributed by atoms with E-state index in [1.165, 1.54) is 16.4 Å². The van der Waals surface area contributed by atoms with Gasteiger partial charge in [-0.3, -0.25) is 4.79 Å². The highest BCUT2D eigenvalue weighted by atomic mass is 32.2. The summed E-state index contributed by atoms with van der Waals surface area (Å²) >= 11 is 0. The topological polar surface area (TPSA) is 66.9 Å². The minimum atomic E-state index is -3.78. The molecule has 0 bridgehead atoms. The second-order valence-corrected chi connectivity index (χ2v) is 8.98. The van der Waals surface area contributed by atoms with Crippen LogP contribution in [0.15, 0.2) is 23.1 Å². The molecule has 0 atom stereocenters. The molecule has 6 nitrogen and oxygen atoms in total. The first-order valence-electron chi connectivity index (χ1n) is 9.63. The summed E-state index contributed by atoms with van der Waals surface area (Å²) in [5.74, 6) is -1.11. The van der Waals surface area contributed by atoms with Crippen LogP contribution in [-0.2, 0) is 14.8 Å². The highest BCUT2D eigenvalue weighted by Crippen LogP contribution is 2.26. The first-order chi connectivity index (χ1) is 12.9. The van der Waals surface area contributed by atoms with Crippen LogP contribution in [0.2, 0.25) is 0 Å². The van der Waals surface area contributed by atoms with Crippen LogP contribution < -0.4 is 0 Å². The molecule has 27 heavy (non-hydrogen) atoms. The fourth-order valence-corrected chi connectivity index (χ4v) is 5.31. The lowest BCUT2D eigenvalue weighted by Gasteiger charge is -2.34. The number of carbonyl (C=O) groups excluding carboxylic acids is 1. The molecule has 1 saturated heterocycles. The van der Waals surface area contributed by atoms with Crippen LogP contribution in [0.1, 0.15) is 49.4 Å². The van der Waals surface area contributed by atoms with E-state index in [1.807, 2.05) is 6.92 Å². The quantitative estimate of drug-likeness (QED) is 0.765. The maximum atomic E-state index is 14.4. The zero-order valence-corrected chi connectivity index (χ0v) is 16.5. The molecular formula is C19H27FN2O4S. The van der Waals surface area contributed by atoms with Gasteiger partial charge in [-0.1, -0.05) is 19.3 Å². The molecule has 0 aromatic heterocycles. The number of hydrogen-bond acceptors (Lipinski definition) is 4. The normalized spacial score (nSPS) is 19.8. The van der Waals surface area contributed by atoms with Crippen molar-refractivity contribution in [2.45, 2.75) is 50.0 Å². The van der Waals surface area contributed by atoms with Crippen molar-refractivity contribution < 1.29 is 22.3 Å². The van der Waals surface area contributed by atoms with E-state index in [2.05, 4.69) is 0 Å².